The van der Waals surface area contributed by atoms with Crippen molar-refractivity contribution in [1.29, 1.82) is 10.5 Å². The highest BCUT2D eigenvalue weighted by molar-refractivity contribution is 5.84. The molecule has 3 aromatic rings. The van der Waals surface area contributed by atoms with Crippen molar-refractivity contribution in [2.75, 3.05) is 6.54 Å². The Bertz CT molecular complexity index is 1320. The number of nitrogens with zero attached hydrogens (tertiary/aromatic N) is 4. The van der Waals surface area contributed by atoms with Crippen molar-refractivity contribution >= 4 is 5.69 Å². The third kappa shape index (κ3) is 2.19. The number of nitro benzene ring substituents is 1. The second-order valence-corrected chi connectivity index (χ2v) is 9.08. The first kappa shape index (κ1) is 19.7. The van der Waals surface area contributed by atoms with Crippen LogP contribution < -0.4 is 0 Å². The molecule has 0 amide bonds. The standard InChI is InChI=1S/C27H20N4O2/c28-16-26(17-29)25(18-11-13-19(14-12-18)31(32)33)30-15-5-10-24(30)27(26)22-8-3-1-6-20(22)21-7-2-4-9-23(21)27/h1-4,6-9,11-14,24-25H,5,10,15H2/t24-,25-/m1/s1. The van der Waals surface area contributed by atoms with Gasteiger partial charge in [-0.3, -0.25) is 15.0 Å². The minimum Gasteiger partial charge on any atom is -0.289 e. The summed E-state index contributed by atoms with van der Waals surface area (Å²) in [4.78, 5) is 13.1. The van der Waals surface area contributed by atoms with Crippen LogP contribution in [0.4, 0.5) is 5.69 Å². The summed E-state index contributed by atoms with van der Waals surface area (Å²) >= 11 is 0. The highest BCUT2D eigenvalue weighted by atomic mass is 16.6. The molecule has 0 N–H and O–H groups in total. The molecular formula is C27H20N4O2. The summed E-state index contributed by atoms with van der Waals surface area (Å²) in [7, 11) is 0. The van der Waals surface area contributed by atoms with E-state index in [1.54, 1.807) is 12.1 Å². The zero-order chi connectivity index (χ0) is 22.8. The van der Waals surface area contributed by atoms with E-state index in [0.29, 0.717) is 0 Å². The van der Waals surface area contributed by atoms with Crippen molar-refractivity contribution < 1.29 is 4.92 Å². The average molecular weight is 432 g/mol. The molecule has 2 saturated heterocycles. The molecule has 0 unspecified atom stereocenters. The summed E-state index contributed by atoms with van der Waals surface area (Å²) in [6.07, 6.45) is 1.87. The van der Waals surface area contributed by atoms with Gasteiger partial charge in [-0.15, -0.1) is 0 Å². The predicted octanol–water partition coefficient (Wildman–Crippen LogP) is 5.11. The first-order valence-electron chi connectivity index (χ1n) is 11.1. The average Bonchev–Trinajstić information content (AvgIpc) is 3.50. The Labute approximate surface area is 191 Å². The molecule has 1 spiro atoms. The van der Waals surface area contributed by atoms with Gasteiger partial charge >= 0.3 is 0 Å². The Kier molecular flexibility index (Phi) is 4.02. The molecule has 0 radical (unpaired) electrons. The van der Waals surface area contributed by atoms with Crippen LogP contribution in [-0.2, 0) is 5.41 Å². The lowest BCUT2D eigenvalue weighted by Gasteiger charge is -2.40. The number of nitro groups is 1. The first-order chi connectivity index (χ1) is 16.1. The Morgan fingerprint density at radius 2 is 1.48 bits per heavy atom. The summed E-state index contributed by atoms with van der Waals surface area (Å²) < 4.78 is 0. The summed E-state index contributed by atoms with van der Waals surface area (Å²) in [5.41, 5.74) is 2.82. The molecule has 0 saturated carbocycles. The number of benzene rings is 3. The second kappa shape index (κ2) is 6.75. The highest BCUT2D eigenvalue weighted by Crippen LogP contribution is 2.70. The molecule has 2 fully saturated rings. The van der Waals surface area contributed by atoms with E-state index in [0.717, 1.165) is 47.2 Å². The lowest BCUT2D eigenvalue weighted by atomic mass is 9.55. The van der Waals surface area contributed by atoms with Gasteiger partial charge in [-0.2, -0.15) is 10.5 Å². The van der Waals surface area contributed by atoms with E-state index < -0.39 is 21.8 Å². The SMILES string of the molecule is N#CC1(C#N)[C@@H](c2ccc([N+](=O)[O-])cc2)N2CCC[C@@H]2C12c1ccccc1-c1ccccc12. The lowest BCUT2D eigenvalue weighted by molar-refractivity contribution is -0.384. The summed E-state index contributed by atoms with van der Waals surface area (Å²) in [5, 5.41) is 32.9. The molecule has 1 aliphatic carbocycles. The molecule has 0 bridgehead atoms. The minimum absolute atomic E-state index is 0.000468. The maximum Gasteiger partial charge on any atom is 0.269 e. The molecule has 3 aliphatic rings. The number of hydrogen-bond donors (Lipinski definition) is 0. The van der Waals surface area contributed by atoms with Crippen LogP contribution in [0.2, 0.25) is 0 Å². The van der Waals surface area contributed by atoms with Crippen molar-refractivity contribution in [2.45, 2.75) is 30.3 Å². The molecule has 2 aliphatic heterocycles. The van der Waals surface area contributed by atoms with Gasteiger partial charge < -0.3 is 0 Å². The Hall–Kier alpha value is -4.00. The quantitative estimate of drug-likeness (QED) is 0.414. The van der Waals surface area contributed by atoms with Gasteiger partial charge in [-0.05, 0) is 47.2 Å². The van der Waals surface area contributed by atoms with Crippen molar-refractivity contribution in [3.63, 3.8) is 0 Å². The highest BCUT2D eigenvalue weighted by Gasteiger charge is 2.74. The van der Waals surface area contributed by atoms with Crippen LogP contribution in [0, 0.1) is 38.2 Å². The van der Waals surface area contributed by atoms with Crippen molar-refractivity contribution in [3.05, 3.63) is 99.6 Å². The molecule has 160 valence electrons. The zero-order valence-electron chi connectivity index (χ0n) is 17.8. The van der Waals surface area contributed by atoms with Crippen LogP contribution in [-0.4, -0.2) is 22.4 Å². The molecule has 3 aromatic carbocycles. The van der Waals surface area contributed by atoms with E-state index in [4.69, 9.17) is 0 Å². The van der Waals surface area contributed by atoms with Gasteiger partial charge in [0.15, 0.2) is 5.41 Å². The number of nitriles is 2. The Morgan fingerprint density at radius 3 is 2.03 bits per heavy atom. The molecule has 0 aromatic heterocycles. The van der Waals surface area contributed by atoms with Gasteiger partial charge in [0.25, 0.3) is 5.69 Å². The molecule has 33 heavy (non-hydrogen) atoms. The van der Waals surface area contributed by atoms with Crippen LogP contribution in [0.15, 0.2) is 72.8 Å². The van der Waals surface area contributed by atoms with E-state index in [2.05, 4.69) is 41.3 Å². The van der Waals surface area contributed by atoms with Crippen LogP contribution in [0.1, 0.15) is 35.6 Å². The van der Waals surface area contributed by atoms with Gasteiger partial charge in [0.1, 0.15) is 0 Å². The normalized spacial score (nSPS) is 23.3. The largest absolute Gasteiger partial charge is 0.289 e. The fourth-order valence-electron chi connectivity index (χ4n) is 6.89. The Balaban J connectivity index is 1.69. The maximum absolute atomic E-state index is 11.2. The molecule has 6 nitrogen and oxygen atoms in total. The van der Waals surface area contributed by atoms with Gasteiger partial charge in [0, 0.05) is 18.2 Å². The van der Waals surface area contributed by atoms with Crippen LogP contribution >= 0.6 is 0 Å². The molecular weight excluding hydrogens is 412 g/mol. The van der Waals surface area contributed by atoms with Crippen molar-refractivity contribution in [2.24, 2.45) is 5.41 Å². The van der Waals surface area contributed by atoms with Gasteiger partial charge in [0.2, 0.25) is 0 Å². The Morgan fingerprint density at radius 1 is 0.909 bits per heavy atom. The van der Waals surface area contributed by atoms with E-state index in [1.807, 2.05) is 24.3 Å². The summed E-state index contributed by atoms with van der Waals surface area (Å²) in [6.45, 7) is 0.781. The van der Waals surface area contributed by atoms with E-state index in [-0.39, 0.29) is 11.7 Å². The third-order valence-corrected chi connectivity index (χ3v) is 7.92. The summed E-state index contributed by atoms with van der Waals surface area (Å²) in [6, 6.07) is 27.2. The van der Waals surface area contributed by atoms with Gasteiger partial charge in [0.05, 0.1) is 28.5 Å². The fraction of sp³-hybridized carbons (Fsp3) is 0.259. The molecule has 6 heteroatoms. The summed E-state index contributed by atoms with van der Waals surface area (Å²) in [5.74, 6) is 0. The lowest BCUT2D eigenvalue weighted by Crippen LogP contribution is -2.47. The fourth-order valence-corrected chi connectivity index (χ4v) is 6.89. The number of fused-ring (bicyclic) bond motifs is 7. The van der Waals surface area contributed by atoms with E-state index in [1.165, 1.54) is 12.1 Å². The smallest absolute Gasteiger partial charge is 0.269 e. The van der Waals surface area contributed by atoms with Crippen molar-refractivity contribution in [1.82, 2.24) is 4.90 Å². The molecule has 2 atom stereocenters. The molecule has 2 heterocycles. The third-order valence-electron chi connectivity index (χ3n) is 7.92. The minimum atomic E-state index is -1.39. The number of rotatable bonds is 2. The monoisotopic (exact) mass is 432 g/mol. The van der Waals surface area contributed by atoms with Crippen LogP contribution in [0.3, 0.4) is 0 Å². The van der Waals surface area contributed by atoms with E-state index >= 15 is 0 Å². The van der Waals surface area contributed by atoms with Crippen LogP contribution in [0.5, 0.6) is 0 Å². The zero-order valence-corrected chi connectivity index (χ0v) is 17.8. The topological polar surface area (TPSA) is 94.0 Å². The maximum atomic E-state index is 11.2. The number of hydrogen-bond acceptors (Lipinski definition) is 5. The van der Waals surface area contributed by atoms with Crippen LogP contribution in [0.25, 0.3) is 11.1 Å². The number of non-ortho nitro benzene ring substituents is 1. The predicted molar refractivity (Wildman–Crippen MR) is 122 cm³/mol. The molecule has 6 rings (SSSR count). The first-order valence-corrected chi connectivity index (χ1v) is 11.1. The van der Waals surface area contributed by atoms with Gasteiger partial charge in [-0.25, -0.2) is 0 Å². The van der Waals surface area contributed by atoms with Gasteiger partial charge in [-0.1, -0.05) is 60.7 Å². The van der Waals surface area contributed by atoms with Crippen molar-refractivity contribution in [3.8, 4) is 23.3 Å². The second-order valence-electron chi connectivity index (χ2n) is 9.08. The van der Waals surface area contributed by atoms with E-state index in [9.17, 15) is 20.6 Å².